The standard InChI is InChI=1S/C15H18N2O3/c1-9(7-10(2)18)16-15(20)13-8-14(19)11-5-3-4-6-12(11)17-13/h3-6,8-10,18H,7H2,1-2H3,(H,16,20)(H,17,19). The first kappa shape index (κ1) is 14.3. The van der Waals surface area contributed by atoms with Gasteiger partial charge >= 0.3 is 0 Å². The number of aliphatic hydroxyl groups is 1. The minimum absolute atomic E-state index is 0.169. The van der Waals surface area contributed by atoms with E-state index in [9.17, 15) is 14.7 Å². The maximum atomic E-state index is 12.1. The number of benzene rings is 1. The van der Waals surface area contributed by atoms with E-state index in [4.69, 9.17) is 0 Å². The van der Waals surface area contributed by atoms with Crippen LogP contribution < -0.4 is 10.7 Å². The Morgan fingerprint density at radius 1 is 1.35 bits per heavy atom. The zero-order chi connectivity index (χ0) is 14.7. The molecule has 1 amide bonds. The molecule has 0 bridgehead atoms. The minimum atomic E-state index is -0.485. The first-order valence-corrected chi connectivity index (χ1v) is 6.58. The molecule has 2 unspecified atom stereocenters. The van der Waals surface area contributed by atoms with Gasteiger partial charge in [0.05, 0.1) is 6.10 Å². The Kier molecular flexibility index (Phi) is 4.20. The molecule has 2 atom stereocenters. The fourth-order valence-electron chi connectivity index (χ4n) is 2.19. The monoisotopic (exact) mass is 274 g/mol. The number of carbonyl (C=O) groups is 1. The van der Waals surface area contributed by atoms with Crippen molar-refractivity contribution in [3.63, 3.8) is 0 Å². The van der Waals surface area contributed by atoms with Gasteiger partial charge in [-0.05, 0) is 32.4 Å². The minimum Gasteiger partial charge on any atom is -0.393 e. The molecular formula is C15H18N2O3. The largest absolute Gasteiger partial charge is 0.393 e. The van der Waals surface area contributed by atoms with Gasteiger partial charge in [-0.2, -0.15) is 0 Å². The van der Waals surface area contributed by atoms with Gasteiger partial charge in [-0.25, -0.2) is 0 Å². The highest BCUT2D eigenvalue weighted by molar-refractivity contribution is 5.94. The summed E-state index contributed by atoms with van der Waals surface area (Å²) >= 11 is 0. The molecule has 0 aliphatic carbocycles. The Balaban J connectivity index is 2.25. The summed E-state index contributed by atoms with van der Waals surface area (Å²) in [4.78, 5) is 26.9. The van der Waals surface area contributed by atoms with Crippen LogP contribution in [0.1, 0.15) is 30.8 Å². The Bertz CT molecular complexity index is 676. The van der Waals surface area contributed by atoms with E-state index in [1.807, 2.05) is 6.92 Å². The lowest BCUT2D eigenvalue weighted by atomic mass is 10.1. The van der Waals surface area contributed by atoms with Crippen LogP contribution in [0.5, 0.6) is 0 Å². The van der Waals surface area contributed by atoms with Gasteiger partial charge in [-0.15, -0.1) is 0 Å². The Morgan fingerprint density at radius 2 is 2.05 bits per heavy atom. The van der Waals surface area contributed by atoms with E-state index in [1.165, 1.54) is 6.07 Å². The molecule has 0 saturated carbocycles. The van der Waals surface area contributed by atoms with Gasteiger partial charge in [0.2, 0.25) is 0 Å². The molecule has 0 fully saturated rings. The van der Waals surface area contributed by atoms with Gasteiger partial charge in [0.15, 0.2) is 5.43 Å². The molecule has 1 aromatic carbocycles. The van der Waals surface area contributed by atoms with Crippen molar-refractivity contribution >= 4 is 16.8 Å². The van der Waals surface area contributed by atoms with Gasteiger partial charge in [0.25, 0.3) is 5.91 Å². The SMILES string of the molecule is CC(O)CC(C)NC(=O)c1cc(=O)c2ccccc2[nH]1. The van der Waals surface area contributed by atoms with Crippen LogP contribution in [-0.4, -0.2) is 28.1 Å². The molecule has 5 heteroatoms. The molecule has 3 N–H and O–H groups in total. The van der Waals surface area contributed by atoms with E-state index < -0.39 is 6.10 Å². The highest BCUT2D eigenvalue weighted by atomic mass is 16.3. The zero-order valence-electron chi connectivity index (χ0n) is 11.5. The van der Waals surface area contributed by atoms with Crippen molar-refractivity contribution in [1.29, 1.82) is 0 Å². The van der Waals surface area contributed by atoms with Crippen molar-refractivity contribution in [2.75, 3.05) is 0 Å². The second kappa shape index (κ2) is 5.88. The van der Waals surface area contributed by atoms with Crippen LogP contribution in [-0.2, 0) is 0 Å². The van der Waals surface area contributed by atoms with Crippen molar-refractivity contribution in [3.8, 4) is 0 Å². The van der Waals surface area contributed by atoms with Crippen LogP contribution >= 0.6 is 0 Å². The second-order valence-corrected chi connectivity index (χ2v) is 5.05. The Labute approximate surface area is 116 Å². The Morgan fingerprint density at radius 3 is 2.75 bits per heavy atom. The quantitative estimate of drug-likeness (QED) is 0.788. The zero-order valence-corrected chi connectivity index (χ0v) is 11.5. The van der Waals surface area contributed by atoms with Crippen molar-refractivity contribution in [1.82, 2.24) is 10.3 Å². The summed E-state index contributed by atoms with van der Waals surface area (Å²) in [7, 11) is 0. The van der Waals surface area contributed by atoms with Crippen molar-refractivity contribution in [2.24, 2.45) is 0 Å². The Hall–Kier alpha value is -2.14. The van der Waals surface area contributed by atoms with Gasteiger partial charge in [0.1, 0.15) is 5.69 Å². The van der Waals surface area contributed by atoms with E-state index in [0.29, 0.717) is 17.3 Å². The number of hydrogen-bond donors (Lipinski definition) is 3. The number of aliphatic hydroxyl groups excluding tert-OH is 1. The van der Waals surface area contributed by atoms with Gasteiger partial charge in [-0.1, -0.05) is 12.1 Å². The van der Waals surface area contributed by atoms with Crippen LogP contribution in [0, 0.1) is 0 Å². The van der Waals surface area contributed by atoms with Crippen molar-refractivity contribution < 1.29 is 9.90 Å². The molecule has 1 heterocycles. The molecule has 2 aromatic rings. The van der Waals surface area contributed by atoms with E-state index >= 15 is 0 Å². The van der Waals surface area contributed by atoms with Gasteiger partial charge < -0.3 is 15.4 Å². The topological polar surface area (TPSA) is 82.2 Å². The van der Waals surface area contributed by atoms with Crippen LogP contribution in [0.25, 0.3) is 10.9 Å². The molecule has 0 aliphatic heterocycles. The number of rotatable bonds is 4. The first-order valence-electron chi connectivity index (χ1n) is 6.58. The van der Waals surface area contributed by atoms with Gasteiger partial charge in [-0.3, -0.25) is 9.59 Å². The number of fused-ring (bicyclic) bond motifs is 1. The predicted molar refractivity (Wildman–Crippen MR) is 77.8 cm³/mol. The number of nitrogens with one attached hydrogen (secondary N) is 2. The van der Waals surface area contributed by atoms with E-state index in [-0.39, 0.29) is 23.1 Å². The fourth-order valence-corrected chi connectivity index (χ4v) is 2.19. The van der Waals surface area contributed by atoms with E-state index in [1.54, 1.807) is 31.2 Å². The average molecular weight is 274 g/mol. The third-order valence-corrected chi connectivity index (χ3v) is 3.05. The third kappa shape index (κ3) is 3.24. The summed E-state index contributed by atoms with van der Waals surface area (Å²) in [5, 5.41) is 12.6. The molecule has 20 heavy (non-hydrogen) atoms. The summed E-state index contributed by atoms with van der Waals surface area (Å²) in [6.07, 6.45) is -0.0234. The van der Waals surface area contributed by atoms with Crippen LogP contribution in [0.3, 0.4) is 0 Å². The number of amides is 1. The van der Waals surface area contributed by atoms with E-state index in [0.717, 1.165) is 0 Å². The molecule has 2 rings (SSSR count). The molecular weight excluding hydrogens is 256 g/mol. The molecule has 0 spiro atoms. The maximum Gasteiger partial charge on any atom is 0.268 e. The normalized spacial score (nSPS) is 13.9. The summed E-state index contributed by atoms with van der Waals surface area (Å²) in [6, 6.07) is 8.18. The number of H-pyrrole nitrogens is 1. The number of pyridine rings is 1. The summed E-state index contributed by atoms with van der Waals surface area (Å²) < 4.78 is 0. The molecule has 5 nitrogen and oxygen atoms in total. The summed E-state index contributed by atoms with van der Waals surface area (Å²) in [6.45, 7) is 3.48. The number of aromatic nitrogens is 1. The smallest absolute Gasteiger partial charge is 0.268 e. The number of aromatic amines is 1. The fraction of sp³-hybridized carbons (Fsp3) is 0.333. The number of carbonyl (C=O) groups excluding carboxylic acids is 1. The van der Waals surface area contributed by atoms with Gasteiger partial charge in [0, 0.05) is 23.0 Å². The van der Waals surface area contributed by atoms with Crippen LogP contribution in [0.2, 0.25) is 0 Å². The number of hydrogen-bond acceptors (Lipinski definition) is 3. The van der Waals surface area contributed by atoms with E-state index in [2.05, 4.69) is 10.3 Å². The third-order valence-electron chi connectivity index (χ3n) is 3.05. The molecule has 0 radical (unpaired) electrons. The highest BCUT2D eigenvalue weighted by Crippen LogP contribution is 2.07. The maximum absolute atomic E-state index is 12.1. The predicted octanol–water partition coefficient (Wildman–Crippen LogP) is 1.42. The van der Waals surface area contributed by atoms with Crippen molar-refractivity contribution in [3.05, 3.63) is 46.2 Å². The molecule has 0 saturated heterocycles. The molecule has 0 aliphatic rings. The van der Waals surface area contributed by atoms with Crippen molar-refractivity contribution in [2.45, 2.75) is 32.4 Å². The lowest BCUT2D eigenvalue weighted by molar-refractivity contribution is 0.0918. The lowest BCUT2D eigenvalue weighted by Gasteiger charge is -2.15. The van der Waals surface area contributed by atoms with Crippen LogP contribution in [0.4, 0.5) is 0 Å². The highest BCUT2D eigenvalue weighted by Gasteiger charge is 2.13. The van der Waals surface area contributed by atoms with Crippen LogP contribution in [0.15, 0.2) is 35.1 Å². The first-order chi connectivity index (χ1) is 9.47. The molecule has 1 aromatic heterocycles. The lowest BCUT2D eigenvalue weighted by Crippen LogP contribution is -2.35. The number of para-hydroxylation sites is 1. The summed E-state index contributed by atoms with van der Waals surface area (Å²) in [5.41, 5.74) is 0.673. The summed E-state index contributed by atoms with van der Waals surface area (Å²) in [5.74, 6) is -0.346. The molecule has 106 valence electrons. The second-order valence-electron chi connectivity index (χ2n) is 5.05. The average Bonchev–Trinajstić information content (AvgIpc) is 2.37.